The van der Waals surface area contributed by atoms with Gasteiger partial charge in [-0.3, -0.25) is 0 Å². The number of fused-ring (bicyclic) bond motifs is 1. The van der Waals surface area contributed by atoms with Gasteiger partial charge in [-0.05, 0) is 30.3 Å². The predicted molar refractivity (Wildman–Crippen MR) is 120 cm³/mol. The second-order valence-electron chi connectivity index (χ2n) is 6.78. The first-order valence-corrected chi connectivity index (χ1v) is 9.94. The molecule has 0 atom stereocenters. The van der Waals surface area contributed by atoms with Crippen molar-refractivity contribution in [1.82, 2.24) is 15.2 Å². The Labute approximate surface area is 189 Å². The summed E-state index contributed by atoms with van der Waals surface area (Å²) in [4.78, 5) is 16.6. The summed E-state index contributed by atoms with van der Waals surface area (Å²) in [6, 6.07) is 14.9. The van der Waals surface area contributed by atoms with Crippen molar-refractivity contribution in [2.24, 2.45) is 0 Å². The molecule has 0 radical (unpaired) electrons. The fourth-order valence-corrected chi connectivity index (χ4v) is 3.14. The number of methoxy groups -OCH3 is 3. The SMILES string of the molecule is COc1cc(-c2nnc(COC(=O)/C=C/c3ccc4ccccc4n3)o2)cc(OC)c1OC. The molecule has 9 nitrogen and oxygen atoms in total. The number of para-hydroxylation sites is 1. The van der Waals surface area contributed by atoms with Crippen LogP contribution < -0.4 is 14.2 Å². The van der Waals surface area contributed by atoms with Crippen molar-refractivity contribution in [2.45, 2.75) is 6.61 Å². The van der Waals surface area contributed by atoms with Crippen LogP contribution in [0, 0.1) is 0 Å². The number of esters is 1. The first-order chi connectivity index (χ1) is 16.1. The lowest BCUT2D eigenvalue weighted by atomic mass is 10.2. The van der Waals surface area contributed by atoms with Crippen molar-refractivity contribution in [1.29, 1.82) is 0 Å². The second kappa shape index (κ2) is 9.82. The van der Waals surface area contributed by atoms with Crippen molar-refractivity contribution in [3.05, 3.63) is 66.2 Å². The largest absolute Gasteiger partial charge is 0.493 e. The molecule has 0 aliphatic rings. The Kier molecular flexibility index (Phi) is 6.49. The highest BCUT2D eigenvalue weighted by Crippen LogP contribution is 2.40. The average molecular weight is 447 g/mol. The van der Waals surface area contributed by atoms with E-state index in [0.29, 0.717) is 28.5 Å². The van der Waals surface area contributed by atoms with E-state index in [2.05, 4.69) is 15.2 Å². The number of nitrogens with zero attached hydrogens (tertiary/aromatic N) is 3. The summed E-state index contributed by atoms with van der Waals surface area (Å²) >= 11 is 0. The predicted octanol–water partition coefficient (Wildman–Crippen LogP) is 4.07. The molecule has 0 amide bonds. The fraction of sp³-hybridized carbons (Fsp3) is 0.167. The van der Waals surface area contributed by atoms with Gasteiger partial charge in [0, 0.05) is 17.0 Å². The molecule has 2 aromatic carbocycles. The van der Waals surface area contributed by atoms with Gasteiger partial charge in [0.1, 0.15) is 0 Å². The van der Waals surface area contributed by atoms with Crippen molar-refractivity contribution < 1.29 is 28.2 Å². The maximum atomic E-state index is 12.1. The molecule has 0 bridgehead atoms. The van der Waals surface area contributed by atoms with Crippen LogP contribution in [0.2, 0.25) is 0 Å². The third kappa shape index (κ3) is 4.93. The molecule has 0 aliphatic carbocycles. The van der Waals surface area contributed by atoms with Crippen LogP contribution >= 0.6 is 0 Å². The van der Waals surface area contributed by atoms with Gasteiger partial charge in [-0.1, -0.05) is 24.3 Å². The zero-order valence-electron chi connectivity index (χ0n) is 18.3. The van der Waals surface area contributed by atoms with Crippen molar-refractivity contribution in [3.63, 3.8) is 0 Å². The molecule has 2 aromatic heterocycles. The lowest BCUT2D eigenvalue weighted by Gasteiger charge is -2.12. The van der Waals surface area contributed by atoms with Crippen molar-refractivity contribution in [3.8, 4) is 28.7 Å². The van der Waals surface area contributed by atoms with E-state index in [9.17, 15) is 4.79 Å². The lowest BCUT2D eigenvalue weighted by Crippen LogP contribution is -2.01. The van der Waals surface area contributed by atoms with E-state index >= 15 is 0 Å². The molecular weight excluding hydrogens is 426 g/mol. The highest BCUT2D eigenvalue weighted by atomic mass is 16.5. The third-order valence-corrected chi connectivity index (χ3v) is 4.73. The molecular formula is C24H21N3O6. The van der Waals surface area contributed by atoms with E-state index in [-0.39, 0.29) is 18.4 Å². The Morgan fingerprint density at radius 2 is 1.73 bits per heavy atom. The monoisotopic (exact) mass is 447 g/mol. The number of hydrogen-bond acceptors (Lipinski definition) is 9. The van der Waals surface area contributed by atoms with Gasteiger partial charge in [0.05, 0.1) is 32.5 Å². The smallest absolute Gasteiger partial charge is 0.331 e. The second-order valence-corrected chi connectivity index (χ2v) is 6.78. The van der Waals surface area contributed by atoms with Crippen LogP contribution in [-0.2, 0) is 16.1 Å². The Balaban J connectivity index is 1.41. The van der Waals surface area contributed by atoms with Crippen LogP contribution in [0.25, 0.3) is 28.4 Å². The molecule has 0 spiro atoms. The first-order valence-electron chi connectivity index (χ1n) is 9.94. The van der Waals surface area contributed by atoms with Gasteiger partial charge < -0.3 is 23.4 Å². The molecule has 0 saturated carbocycles. The molecule has 0 saturated heterocycles. The molecule has 0 N–H and O–H groups in total. The maximum absolute atomic E-state index is 12.1. The quantitative estimate of drug-likeness (QED) is 0.292. The zero-order valence-corrected chi connectivity index (χ0v) is 18.3. The van der Waals surface area contributed by atoms with Crippen LogP contribution in [0.3, 0.4) is 0 Å². The van der Waals surface area contributed by atoms with Gasteiger partial charge in [0.2, 0.25) is 11.6 Å². The topological polar surface area (TPSA) is 106 Å². The summed E-state index contributed by atoms with van der Waals surface area (Å²) in [5, 5.41) is 8.96. The molecule has 168 valence electrons. The van der Waals surface area contributed by atoms with Gasteiger partial charge in [-0.2, -0.15) is 0 Å². The Morgan fingerprint density at radius 1 is 0.970 bits per heavy atom. The fourth-order valence-electron chi connectivity index (χ4n) is 3.14. The number of ether oxygens (including phenoxy) is 4. The summed E-state index contributed by atoms with van der Waals surface area (Å²) in [7, 11) is 4.55. The standard InChI is InChI=1S/C24H21N3O6/c1-29-19-12-16(13-20(30-2)23(19)31-3)24-27-26-21(33-24)14-32-22(28)11-10-17-9-8-15-6-4-5-7-18(15)25-17/h4-13H,14H2,1-3H3/b11-10+. The van der Waals surface area contributed by atoms with Gasteiger partial charge in [-0.15, -0.1) is 10.2 Å². The number of pyridine rings is 1. The van der Waals surface area contributed by atoms with Crippen LogP contribution in [-0.4, -0.2) is 42.5 Å². The van der Waals surface area contributed by atoms with E-state index in [1.807, 2.05) is 36.4 Å². The van der Waals surface area contributed by atoms with E-state index in [4.69, 9.17) is 23.4 Å². The van der Waals surface area contributed by atoms with E-state index in [1.54, 1.807) is 18.2 Å². The number of hydrogen-bond donors (Lipinski definition) is 0. The Morgan fingerprint density at radius 3 is 2.45 bits per heavy atom. The average Bonchev–Trinajstić information content (AvgIpc) is 3.34. The molecule has 0 fully saturated rings. The van der Waals surface area contributed by atoms with Gasteiger partial charge in [0.25, 0.3) is 5.89 Å². The van der Waals surface area contributed by atoms with Crippen LogP contribution in [0.1, 0.15) is 11.6 Å². The summed E-state index contributed by atoms with van der Waals surface area (Å²) in [5.41, 5.74) is 2.06. The number of benzene rings is 2. The molecule has 4 aromatic rings. The molecule has 0 aliphatic heterocycles. The number of aromatic nitrogens is 3. The highest BCUT2D eigenvalue weighted by molar-refractivity contribution is 5.87. The summed E-state index contributed by atoms with van der Waals surface area (Å²) in [6.07, 6.45) is 2.89. The Hall–Kier alpha value is -4.40. The minimum Gasteiger partial charge on any atom is -0.493 e. The summed E-state index contributed by atoms with van der Waals surface area (Å²) in [6.45, 7) is -0.175. The Bertz CT molecular complexity index is 1290. The first kappa shape index (κ1) is 21.8. The van der Waals surface area contributed by atoms with E-state index in [0.717, 1.165) is 10.9 Å². The minimum absolute atomic E-state index is 0.143. The molecule has 4 rings (SSSR count). The van der Waals surface area contributed by atoms with Gasteiger partial charge in [0.15, 0.2) is 18.1 Å². The molecule has 2 heterocycles. The van der Waals surface area contributed by atoms with Crippen LogP contribution in [0.15, 0.2) is 59.0 Å². The van der Waals surface area contributed by atoms with Gasteiger partial charge in [-0.25, -0.2) is 9.78 Å². The highest BCUT2D eigenvalue weighted by Gasteiger charge is 2.18. The number of carbonyl (C=O) groups is 1. The normalized spacial score (nSPS) is 11.0. The molecule has 33 heavy (non-hydrogen) atoms. The summed E-state index contributed by atoms with van der Waals surface area (Å²) in [5.74, 6) is 1.15. The lowest BCUT2D eigenvalue weighted by molar-refractivity contribution is -0.139. The summed E-state index contributed by atoms with van der Waals surface area (Å²) < 4.78 is 26.8. The van der Waals surface area contributed by atoms with E-state index in [1.165, 1.54) is 27.4 Å². The van der Waals surface area contributed by atoms with Crippen molar-refractivity contribution >= 4 is 22.9 Å². The molecule has 9 heteroatoms. The van der Waals surface area contributed by atoms with Gasteiger partial charge >= 0.3 is 5.97 Å². The van der Waals surface area contributed by atoms with Crippen molar-refractivity contribution in [2.75, 3.05) is 21.3 Å². The number of rotatable bonds is 8. The van der Waals surface area contributed by atoms with E-state index < -0.39 is 5.97 Å². The van der Waals surface area contributed by atoms with Crippen LogP contribution in [0.5, 0.6) is 17.2 Å². The maximum Gasteiger partial charge on any atom is 0.331 e. The van der Waals surface area contributed by atoms with Crippen LogP contribution in [0.4, 0.5) is 0 Å². The minimum atomic E-state index is -0.558. The third-order valence-electron chi connectivity index (χ3n) is 4.73. The number of carbonyl (C=O) groups excluding carboxylic acids is 1. The zero-order chi connectivity index (χ0) is 23.2. The molecule has 0 unspecified atom stereocenters.